The minimum atomic E-state index is -1.12. The number of rotatable bonds is 5. The van der Waals surface area contributed by atoms with E-state index in [-0.39, 0.29) is 11.3 Å². The summed E-state index contributed by atoms with van der Waals surface area (Å²) in [5.74, 6) is -1.08. The number of methoxy groups -OCH3 is 1. The fraction of sp³-hybridized carbons (Fsp3) is 0.353. The highest BCUT2D eigenvalue weighted by Crippen LogP contribution is 2.31. The molecule has 2 heterocycles. The summed E-state index contributed by atoms with van der Waals surface area (Å²) in [6.07, 6.45) is 1.81. The van der Waals surface area contributed by atoms with E-state index >= 15 is 0 Å². The second-order valence-electron chi connectivity index (χ2n) is 5.60. The number of carboxylic acids is 1. The molecule has 1 aliphatic heterocycles. The summed E-state index contributed by atoms with van der Waals surface area (Å²) in [5, 5.41) is 14.5. The summed E-state index contributed by atoms with van der Waals surface area (Å²) in [6.45, 7) is 1.43. The van der Waals surface area contributed by atoms with Crippen molar-refractivity contribution in [3.63, 3.8) is 0 Å². The quantitative estimate of drug-likeness (QED) is 0.848. The van der Waals surface area contributed by atoms with Gasteiger partial charge in [-0.3, -0.25) is 4.79 Å². The van der Waals surface area contributed by atoms with Crippen LogP contribution in [0.25, 0.3) is 0 Å². The number of aromatic nitrogens is 1. The third-order valence-corrected chi connectivity index (χ3v) is 5.03. The summed E-state index contributed by atoms with van der Waals surface area (Å²) in [4.78, 5) is 28.2. The van der Waals surface area contributed by atoms with Crippen molar-refractivity contribution >= 4 is 28.9 Å². The number of benzene rings is 1. The molecule has 1 amide bonds. The minimum absolute atomic E-state index is 0.0125. The van der Waals surface area contributed by atoms with Crippen LogP contribution < -0.4 is 10.1 Å². The zero-order valence-electron chi connectivity index (χ0n) is 13.7. The molecule has 2 N–H and O–H groups in total. The molecular formula is C17H18N2O5S. The maximum atomic E-state index is 12.5. The maximum Gasteiger partial charge on any atom is 0.339 e. The largest absolute Gasteiger partial charge is 0.494 e. The van der Waals surface area contributed by atoms with Crippen molar-refractivity contribution in [1.29, 1.82) is 0 Å². The van der Waals surface area contributed by atoms with Crippen LogP contribution in [0.5, 0.6) is 5.75 Å². The van der Waals surface area contributed by atoms with Gasteiger partial charge >= 0.3 is 5.97 Å². The van der Waals surface area contributed by atoms with Crippen LogP contribution in [-0.4, -0.2) is 42.3 Å². The second-order valence-corrected chi connectivity index (χ2v) is 6.49. The Balaban J connectivity index is 1.78. The topological polar surface area (TPSA) is 97.8 Å². The van der Waals surface area contributed by atoms with Crippen molar-refractivity contribution in [2.75, 3.05) is 25.6 Å². The van der Waals surface area contributed by atoms with Gasteiger partial charge in [0, 0.05) is 24.5 Å². The monoisotopic (exact) mass is 362 g/mol. The molecule has 25 heavy (non-hydrogen) atoms. The number of amides is 1. The van der Waals surface area contributed by atoms with E-state index in [0.717, 1.165) is 17.8 Å². The lowest BCUT2D eigenvalue weighted by Gasteiger charge is -2.19. The van der Waals surface area contributed by atoms with Crippen molar-refractivity contribution in [2.45, 2.75) is 18.8 Å². The van der Waals surface area contributed by atoms with E-state index in [2.05, 4.69) is 10.3 Å². The Morgan fingerprint density at radius 2 is 2.12 bits per heavy atom. The molecule has 3 rings (SSSR count). The van der Waals surface area contributed by atoms with E-state index in [1.54, 1.807) is 17.5 Å². The molecule has 7 nitrogen and oxygen atoms in total. The van der Waals surface area contributed by atoms with E-state index in [0.29, 0.717) is 30.5 Å². The highest BCUT2D eigenvalue weighted by Gasteiger charge is 2.22. The van der Waals surface area contributed by atoms with E-state index < -0.39 is 11.9 Å². The smallest absolute Gasteiger partial charge is 0.339 e. The van der Waals surface area contributed by atoms with Crippen molar-refractivity contribution in [2.24, 2.45) is 0 Å². The number of nitrogens with one attached hydrogen (secondary N) is 1. The average molecular weight is 362 g/mol. The number of hydrogen-bond acceptors (Lipinski definition) is 6. The molecule has 1 aliphatic rings. The number of para-hydroxylation sites is 1. The molecule has 8 heteroatoms. The first kappa shape index (κ1) is 17.4. The molecule has 1 aromatic carbocycles. The third-order valence-electron chi connectivity index (χ3n) is 4.02. The molecule has 0 saturated carbocycles. The Kier molecular flexibility index (Phi) is 5.30. The molecule has 0 unspecified atom stereocenters. The third kappa shape index (κ3) is 3.80. The van der Waals surface area contributed by atoms with Gasteiger partial charge in [0.1, 0.15) is 11.3 Å². The summed E-state index contributed by atoms with van der Waals surface area (Å²) >= 11 is 1.46. The van der Waals surface area contributed by atoms with E-state index in [1.807, 2.05) is 0 Å². The van der Waals surface area contributed by atoms with Gasteiger partial charge in [-0.15, -0.1) is 11.3 Å². The Hall–Kier alpha value is -2.45. The lowest BCUT2D eigenvalue weighted by molar-refractivity contribution is 0.0693. The number of thiazole rings is 1. The van der Waals surface area contributed by atoms with Gasteiger partial charge in [0.25, 0.3) is 5.91 Å². The van der Waals surface area contributed by atoms with Crippen LogP contribution >= 0.6 is 11.3 Å². The van der Waals surface area contributed by atoms with E-state index in [4.69, 9.17) is 9.47 Å². The normalized spacial score (nSPS) is 14.9. The Morgan fingerprint density at radius 1 is 1.36 bits per heavy atom. The van der Waals surface area contributed by atoms with Gasteiger partial charge in [0.2, 0.25) is 0 Å². The number of carbonyl (C=O) groups excluding carboxylic acids is 1. The van der Waals surface area contributed by atoms with Crippen LogP contribution in [0.2, 0.25) is 0 Å². The lowest BCUT2D eigenvalue weighted by atomic mass is 10.0. The van der Waals surface area contributed by atoms with Crippen LogP contribution in [0.15, 0.2) is 23.6 Å². The highest BCUT2D eigenvalue weighted by atomic mass is 32.1. The number of hydrogen-bond donors (Lipinski definition) is 2. The molecule has 0 bridgehead atoms. The molecule has 0 aliphatic carbocycles. The van der Waals surface area contributed by atoms with Crippen LogP contribution in [0.1, 0.15) is 44.6 Å². The molecular weight excluding hydrogens is 344 g/mol. The minimum Gasteiger partial charge on any atom is -0.494 e. The van der Waals surface area contributed by atoms with Crippen LogP contribution in [-0.2, 0) is 4.74 Å². The van der Waals surface area contributed by atoms with Crippen molar-refractivity contribution in [3.05, 3.63) is 39.8 Å². The van der Waals surface area contributed by atoms with Gasteiger partial charge in [-0.2, -0.15) is 0 Å². The summed E-state index contributed by atoms with van der Waals surface area (Å²) in [6, 6.07) is 4.56. The van der Waals surface area contributed by atoms with E-state index in [9.17, 15) is 14.7 Å². The zero-order valence-corrected chi connectivity index (χ0v) is 14.5. The predicted molar refractivity (Wildman–Crippen MR) is 92.8 cm³/mol. The Labute approximate surface area is 148 Å². The maximum absolute atomic E-state index is 12.5. The molecule has 1 aromatic heterocycles. The molecule has 0 atom stereocenters. The Morgan fingerprint density at radius 3 is 2.80 bits per heavy atom. The number of carboxylic acid groups (broad SMARTS) is 1. The van der Waals surface area contributed by atoms with Crippen molar-refractivity contribution in [3.8, 4) is 5.75 Å². The van der Waals surface area contributed by atoms with Gasteiger partial charge in [-0.1, -0.05) is 6.07 Å². The van der Waals surface area contributed by atoms with Crippen molar-refractivity contribution in [1.82, 2.24) is 4.98 Å². The molecule has 2 aromatic rings. The lowest BCUT2D eigenvalue weighted by Crippen LogP contribution is -2.16. The Bertz CT molecular complexity index is 783. The number of ether oxygens (including phenoxy) is 2. The number of aromatic carboxylic acids is 1. The summed E-state index contributed by atoms with van der Waals surface area (Å²) in [7, 11) is 1.36. The number of carbonyl (C=O) groups is 2. The highest BCUT2D eigenvalue weighted by molar-refractivity contribution is 7.09. The molecule has 0 spiro atoms. The fourth-order valence-electron chi connectivity index (χ4n) is 2.73. The fourth-order valence-corrected chi connectivity index (χ4v) is 3.71. The van der Waals surface area contributed by atoms with Gasteiger partial charge in [-0.05, 0) is 25.0 Å². The molecule has 1 fully saturated rings. The summed E-state index contributed by atoms with van der Waals surface area (Å²) in [5.41, 5.74) is 0.601. The van der Waals surface area contributed by atoms with Crippen LogP contribution in [0.4, 0.5) is 5.69 Å². The van der Waals surface area contributed by atoms with Gasteiger partial charge in [0.15, 0.2) is 5.75 Å². The number of nitrogens with zero attached hydrogens (tertiary/aromatic N) is 1. The molecule has 0 radical (unpaired) electrons. The first-order valence-corrected chi connectivity index (χ1v) is 8.73. The van der Waals surface area contributed by atoms with Gasteiger partial charge in [0.05, 0.1) is 17.8 Å². The number of anilines is 1. The van der Waals surface area contributed by atoms with Crippen LogP contribution in [0.3, 0.4) is 0 Å². The van der Waals surface area contributed by atoms with Gasteiger partial charge in [-0.25, -0.2) is 9.78 Å². The van der Waals surface area contributed by atoms with Crippen LogP contribution in [0, 0.1) is 0 Å². The van der Waals surface area contributed by atoms with Gasteiger partial charge < -0.3 is 19.9 Å². The first-order valence-electron chi connectivity index (χ1n) is 7.85. The first-order chi connectivity index (χ1) is 12.1. The van der Waals surface area contributed by atoms with Crippen molar-refractivity contribution < 1.29 is 24.2 Å². The average Bonchev–Trinajstić information content (AvgIpc) is 3.12. The summed E-state index contributed by atoms with van der Waals surface area (Å²) < 4.78 is 10.5. The SMILES string of the molecule is COc1c(NC(=O)c2csc(C3CCOCC3)n2)cccc1C(=O)O. The predicted octanol–water partition coefficient (Wildman–Crippen LogP) is 3.00. The standard InChI is InChI=1S/C17H18N2O5S/c1-23-14-11(17(21)22)3-2-4-12(14)18-15(20)13-9-25-16(19-13)10-5-7-24-8-6-10/h2-4,9-10H,5-8H2,1H3,(H,18,20)(H,21,22). The van der Waals surface area contributed by atoms with E-state index in [1.165, 1.54) is 24.5 Å². The molecule has 1 saturated heterocycles. The molecule has 132 valence electrons. The zero-order chi connectivity index (χ0) is 17.8. The second kappa shape index (κ2) is 7.62.